The van der Waals surface area contributed by atoms with Gasteiger partial charge in [-0.25, -0.2) is 9.78 Å². The zero-order valence-electron chi connectivity index (χ0n) is 23.8. The number of para-hydroxylation sites is 2. The molecule has 11 nitrogen and oxygen atoms in total. The van der Waals surface area contributed by atoms with Crippen LogP contribution in [0.2, 0.25) is 0 Å². The number of carbonyl (C=O) groups excluding carboxylic acids is 4. The molecule has 1 aromatic heterocycles. The molecule has 2 aliphatic rings. The van der Waals surface area contributed by atoms with Crippen LogP contribution in [-0.4, -0.2) is 57.2 Å². The minimum absolute atomic E-state index is 0.104. The lowest BCUT2D eigenvalue weighted by Crippen LogP contribution is -2.53. The fraction of sp³-hybridized carbons (Fsp3) is 0.448. The summed E-state index contributed by atoms with van der Waals surface area (Å²) in [5, 5.41) is 11.7. The monoisotopic (exact) mass is 612 g/mol. The van der Waals surface area contributed by atoms with Crippen LogP contribution in [0, 0.1) is 5.92 Å². The summed E-state index contributed by atoms with van der Waals surface area (Å²) in [5.41, 5.74) is 6.55. The second-order valence-electron chi connectivity index (χ2n) is 10.7. The van der Waals surface area contributed by atoms with Gasteiger partial charge in [0.2, 0.25) is 17.7 Å². The van der Waals surface area contributed by atoms with Gasteiger partial charge >= 0.3 is 5.97 Å². The van der Waals surface area contributed by atoms with Crippen molar-refractivity contribution in [1.82, 2.24) is 15.6 Å². The molecule has 2 aliphatic heterocycles. The average molecular weight is 613 g/mol. The molecule has 0 saturated heterocycles. The van der Waals surface area contributed by atoms with E-state index in [0.29, 0.717) is 45.7 Å². The smallest absolute Gasteiger partial charge is 0.329 e. The molecule has 0 saturated carbocycles. The Labute approximate surface area is 253 Å². The molecule has 0 unspecified atom stereocenters. The van der Waals surface area contributed by atoms with E-state index < -0.39 is 23.7 Å². The number of hydrogen-bond donors (Lipinski definition) is 4. The lowest BCUT2D eigenvalue weighted by atomic mass is 10.0. The van der Waals surface area contributed by atoms with Crippen LogP contribution in [0.15, 0.2) is 46.8 Å². The molecule has 5 N–H and O–H groups in total. The number of fused-ring (bicyclic) bond motifs is 4. The summed E-state index contributed by atoms with van der Waals surface area (Å²) in [7, 11) is 0. The van der Waals surface area contributed by atoms with Gasteiger partial charge in [-0.2, -0.15) is 0 Å². The largest absolute Gasteiger partial charge is 0.456 e. The Kier molecular flexibility index (Phi) is 10.4. The first-order valence-electron chi connectivity index (χ1n) is 13.8. The predicted molar refractivity (Wildman–Crippen MR) is 165 cm³/mol. The van der Waals surface area contributed by atoms with E-state index in [1.54, 1.807) is 43.3 Å². The topological polar surface area (TPSA) is 165 Å². The minimum atomic E-state index is -1.06. The van der Waals surface area contributed by atoms with Gasteiger partial charge in [0.25, 0.3) is 0 Å². The molecule has 4 bridgehead atoms. The van der Waals surface area contributed by atoms with Gasteiger partial charge in [-0.1, -0.05) is 32.1 Å². The minimum Gasteiger partial charge on any atom is -0.456 e. The molecule has 3 amide bonds. The molecule has 0 radical (unpaired) electrons. The number of hydrogen-bond acceptors (Lipinski definition) is 10. The number of nitrogens with two attached hydrogens (primary N) is 1. The highest BCUT2D eigenvalue weighted by Gasteiger charge is 2.41. The van der Waals surface area contributed by atoms with Gasteiger partial charge in [0.05, 0.1) is 24.3 Å². The second-order valence-corrected chi connectivity index (χ2v) is 12.6. The fourth-order valence-corrected chi connectivity index (χ4v) is 6.21. The highest BCUT2D eigenvalue weighted by molar-refractivity contribution is 8.14. The third-order valence-corrected chi connectivity index (χ3v) is 8.89. The molecule has 224 valence electrons. The van der Waals surface area contributed by atoms with E-state index in [1.807, 2.05) is 19.2 Å². The summed E-state index contributed by atoms with van der Waals surface area (Å²) < 4.78 is 5.76. The fourth-order valence-electron chi connectivity index (χ4n) is 4.28. The SMILES string of the molecule is CC(C)[C@@H]1NC(=O)[C@]2(C)CSC(=N2)c2csc(n2)CNC(=O)C[C@@H](/C=C/CCCC(=O)Nc2ccccc2N)OC1=O. The molecule has 3 heterocycles. The van der Waals surface area contributed by atoms with E-state index in [-0.39, 0.29) is 43.0 Å². The first kappa shape index (κ1) is 31.2. The first-order chi connectivity index (χ1) is 20.0. The number of amides is 3. The number of aliphatic imine (C=N–C) groups is 1. The quantitative estimate of drug-likeness (QED) is 0.160. The van der Waals surface area contributed by atoms with Crippen molar-refractivity contribution in [3.05, 3.63) is 52.5 Å². The van der Waals surface area contributed by atoms with Crippen molar-refractivity contribution < 1.29 is 23.9 Å². The van der Waals surface area contributed by atoms with E-state index in [1.165, 1.54) is 23.1 Å². The number of ether oxygens (including phenoxy) is 1. The molecule has 2 aromatic rings. The number of nitrogens with one attached hydrogen (secondary N) is 3. The number of nitrogen functional groups attached to an aromatic ring is 1. The van der Waals surface area contributed by atoms with E-state index >= 15 is 0 Å². The molecule has 13 heteroatoms. The number of anilines is 2. The Balaban J connectivity index is 1.43. The lowest BCUT2D eigenvalue weighted by molar-refractivity contribution is -0.153. The molecule has 0 fully saturated rings. The molecule has 42 heavy (non-hydrogen) atoms. The van der Waals surface area contributed by atoms with Crippen molar-refractivity contribution in [1.29, 1.82) is 0 Å². The van der Waals surface area contributed by atoms with Gasteiger partial charge in [-0.15, -0.1) is 23.1 Å². The standard InChI is InChI=1S/C29H36N6O5S2/c1-17(2)25-27(38)40-18(9-5-4-6-12-22(36)32-20-11-8-7-10-19(20)30)13-23(37)31-14-24-33-21(15-41-24)26-35-29(3,16-42-26)28(39)34-25/h5,7-11,15,17-18,25H,4,6,12-14,16,30H2,1-3H3,(H,31,37)(H,32,36)(H,34,39)/b9-5+/t18-,25+,29+/m1/s1. The normalized spacial score (nSPS) is 23.3. The Bertz CT molecular complexity index is 1390. The number of nitrogens with zero attached hydrogens (tertiary/aromatic N) is 2. The number of esters is 1. The van der Waals surface area contributed by atoms with Crippen molar-refractivity contribution >= 4 is 63.2 Å². The second kappa shape index (κ2) is 14.0. The predicted octanol–water partition coefficient (Wildman–Crippen LogP) is 3.42. The Morgan fingerprint density at radius 3 is 2.83 bits per heavy atom. The van der Waals surface area contributed by atoms with E-state index in [4.69, 9.17) is 10.5 Å². The Hall–Kier alpha value is -3.71. The summed E-state index contributed by atoms with van der Waals surface area (Å²) in [4.78, 5) is 60.9. The molecule has 3 atom stereocenters. The van der Waals surface area contributed by atoms with Crippen LogP contribution in [0.25, 0.3) is 0 Å². The van der Waals surface area contributed by atoms with Crippen molar-refractivity contribution in [2.24, 2.45) is 10.9 Å². The van der Waals surface area contributed by atoms with Gasteiger partial charge < -0.3 is 26.4 Å². The van der Waals surface area contributed by atoms with Crippen LogP contribution in [0.5, 0.6) is 0 Å². The zero-order chi connectivity index (χ0) is 30.3. The van der Waals surface area contributed by atoms with Crippen molar-refractivity contribution in [3.8, 4) is 0 Å². The lowest BCUT2D eigenvalue weighted by Gasteiger charge is -2.27. The van der Waals surface area contributed by atoms with Gasteiger partial charge in [0, 0.05) is 17.6 Å². The third-order valence-electron chi connectivity index (χ3n) is 6.76. The van der Waals surface area contributed by atoms with Gasteiger partial charge in [0.1, 0.15) is 33.4 Å². The zero-order valence-corrected chi connectivity index (χ0v) is 25.5. The summed E-state index contributed by atoms with van der Waals surface area (Å²) in [6, 6.07) is 6.11. The van der Waals surface area contributed by atoms with Gasteiger partial charge in [0.15, 0.2) is 0 Å². The maximum atomic E-state index is 13.3. The average Bonchev–Trinajstić information content (AvgIpc) is 3.58. The van der Waals surface area contributed by atoms with E-state index in [0.717, 1.165) is 0 Å². The Morgan fingerprint density at radius 1 is 1.29 bits per heavy atom. The van der Waals surface area contributed by atoms with Crippen LogP contribution in [0.4, 0.5) is 11.4 Å². The van der Waals surface area contributed by atoms with Crippen molar-refractivity contribution in [3.63, 3.8) is 0 Å². The number of carbonyl (C=O) groups is 4. The van der Waals surface area contributed by atoms with Crippen LogP contribution < -0.4 is 21.7 Å². The summed E-state index contributed by atoms with van der Waals surface area (Å²) in [6.07, 6.45) is 3.80. The Morgan fingerprint density at radius 2 is 2.07 bits per heavy atom. The molecule has 4 rings (SSSR count). The molecule has 0 aliphatic carbocycles. The summed E-state index contributed by atoms with van der Waals surface area (Å²) in [5.74, 6) is -1.33. The first-order valence-corrected chi connectivity index (χ1v) is 15.7. The van der Waals surface area contributed by atoms with Crippen LogP contribution in [0.3, 0.4) is 0 Å². The maximum absolute atomic E-state index is 13.3. The van der Waals surface area contributed by atoms with Crippen molar-refractivity contribution in [2.75, 3.05) is 16.8 Å². The summed E-state index contributed by atoms with van der Waals surface area (Å²) in [6.45, 7) is 5.59. The molecule has 0 spiro atoms. The number of rotatable bonds is 7. The van der Waals surface area contributed by atoms with Crippen LogP contribution in [0.1, 0.15) is 57.2 Å². The molecular weight excluding hydrogens is 576 g/mol. The molecular formula is C29H36N6O5S2. The number of thioether (sulfide) groups is 1. The molecule has 1 aromatic carbocycles. The third kappa shape index (κ3) is 8.19. The summed E-state index contributed by atoms with van der Waals surface area (Å²) >= 11 is 2.83. The number of allylic oxidation sites excluding steroid dienone is 1. The number of benzene rings is 1. The number of aromatic nitrogens is 1. The number of unbranched alkanes of at least 4 members (excludes halogenated alkanes) is 1. The number of cyclic esters (lactones) is 1. The van der Waals surface area contributed by atoms with Crippen molar-refractivity contribution in [2.45, 2.75) is 70.7 Å². The highest BCUT2D eigenvalue weighted by Crippen LogP contribution is 2.32. The number of thiazole rings is 1. The van der Waals surface area contributed by atoms with Gasteiger partial charge in [-0.3, -0.25) is 19.4 Å². The maximum Gasteiger partial charge on any atom is 0.329 e. The highest BCUT2D eigenvalue weighted by atomic mass is 32.2. The van der Waals surface area contributed by atoms with Crippen LogP contribution in [-0.2, 0) is 30.5 Å². The van der Waals surface area contributed by atoms with E-state index in [9.17, 15) is 19.2 Å². The van der Waals surface area contributed by atoms with Crippen LogP contribution >= 0.6 is 23.1 Å². The van der Waals surface area contributed by atoms with Gasteiger partial charge in [-0.05, 0) is 43.9 Å². The van der Waals surface area contributed by atoms with E-state index in [2.05, 4.69) is 25.9 Å².